The van der Waals surface area contributed by atoms with E-state index < -0.39 is 16.8 Å². The van der Waals surface area contributed by atoms with Crippen LogP contribution in [0, 0.1) is 15.9 Å². The molecule has 0 saturated carbocycles. The van der Waals surface area contributed by atoms with Crippen molar-refractivity contribution in [2.75, 3.05) is 6.61 Å². The van der Waals surface area contributed by atoms with E-state index in [1.165, 1.54) is 0 Å². The Morgan fingerprint density at radius 1 is 1.65 bits per heavy atom. The second-order valence-electron chi connectivity index (χ2n) is 3.36. The van der Waals surface area contributed by atoms with Gasteiger partial charge in [-0.25, -0.2) is 4.39 Å². The Labute approximate surface area is 105 Å². The minimum absolute atomic E-state index is 0.00686. The zero-order valence-corrected chi connectivity index (χ0v) is 10.6. The summed E-state index contributed by atoms with van der Waals surface area (Å²) in [7, 11) is 0. The van der Waals surface area contributed by atoms with Gasteiger partial charge < -0.3 is 9.84 Å². The fraction of sp³-hybridized carbons (Fsp3) is 0.400. The van der Waals surface area contributed by atoms with E-state index in [9.17, 15) is 19.6 Å². The van der Waals surface area contributed by atoms with Crippen LogP contribution in [0.15, 0.2) is 16.6 Å². The largest absolute Gasteiger partial charge is 0.484 e. The van der Waals surface area contributed by atoms with Crippen LogP contribution >= 0.6 is 15.9 Å². The molecule has 0 amide bonds. The first kappa shape index (κ1) is 13.9. The third-order valence-corrected chi connectivity index (χ3v) is 2.71. The molecule has 7 heteroatoms. The van der Waals surface area contributed by atoms with Gasteiger partial charge in [0.15, 0.2) is 5.75 Å². The highest BCUT2D eigenvalue weighted by molar-refractivity contribution is 9.10. The summed E-state index contributed by atoms with van der Waals surface area (Å²) in [6, 6.07) is 1.95. The summed E-state index contributed by atoms with van der Waals surface area (Å²) in [5.74, 6) is -0.847. The Bertz CT molecular complexity index is 427. The van der Waals surface area contributed by atoms with Crippen LogP contribution in [0.1, 0.15) is 13.3 Å². The molecule has 1 unspecified atom stereocenters. The summed E-state index contributed by atoms with van der Waals surface area (Å²) < 4.78 is 18.2. The molecule has 94 valence electrons. The second-order valence-corrected chi connectivity index (χ2v) is 4.22. The van der Waals surface area contributed by atoms with Gasteiger partial charge in [0.2, 0.25) is 0 Å². The number of benzene rings is 1. The molecule has 1 aromatic rings. The summed E-state index contributed by atoms with van der Waals surface area (Å²) in [5, 5.41) is 20.0. The molecule has 0 fully saturated rings. The van der Waals surface area contributed by atoms with Crippen LogP contribution in [0.4, 0.5) is 10.1 Å². The van der Waals surface area contributed by atoms with Crippen molar-refractivity contribution < 1.29 is 19.2 Å². The quantitative estimate of drug-likeness (QED) is 0.670. The molecule has 0 saturated heterocycles. The maximum Gasteiger partial charge on any atom is 0.312 e. The Kier molecular flexibility index (Phi) is 4.83. The van der Waals surface area contributed by atoms with Crippen molar-refractivity contribution in [1.82, 2.24) is 0 Å². The van der Waals surface area contributed by atoms with E-state index in [1.54, 1.807) is 6.92 Å². The SMILES string of the molecule is CCC(O)COc1cc(F)c(Br)cc1[N+](=O)[O-]. The second kappa shape index (κ2) is 5.92. The number of nitrogens with zero attached hydrogens (tertiary/aromatic N) is 1. The van der Waals surface area contributed by atoms with Crippen molar-refractivity contribution in [2.45, 2.75) is 19.4 Å². The van der Waals surface area contributed by atoms with Gasteiger partial charge in [-0.05, 0) is 22.4 Å². The summed E-state index contributed by atoms with van der Waals surface area (Å²) >= 11 is 2.86. The van der Waals surface area contributed by atoms with Crippen molar-refractivity contribution in [3.05, 3.63) is 32.5 Å². The van der Waals surface area contributed by atoms with Gasteiger partial charge in [0.05, 0.1) is 15.5 Å². The normalized spacial score (nSPS) is 12.2. The highest BCUT2D eigenvalue weighted by atomic mass is 79.9. The van der Waals surface area contributed by atoms with Gasteiger partial charge in [-0.3, -0.25) is 10.1 Å². The molecule has 0 radical (unpaired) electrons. The summed E-state index contributed by atoms with van der Waals surface area (Å²) in [4.78, 5) is 10.1. The van der Waals surface area contributed by atoms with Crippen molar-refractivity contribution in [3.8, 4) is 5.75 Å². The first-order chi connectivity index (χ1) is 7.95. The first-order valence-corrected chi connectivity index (χ1v) is 5.69. The van der Waals surface area contributed by atoms with E-state index in [4.69, 9.17) is 4.74 Å². The maximum atomic E-state index is 13.2. The maximum absolute atomic E-state index is 13.2. The fourth-order valence-corrected chi connectivity index (χ4v) is 1.41. The Morgan fingerprint density at radius 2 is 2.29 bits per heavy atom. The van der Waals surface area contributed by atoms with Crippen molar-refractivity contribution >= 4 is 21.6 Å². The fourth-order valence-electron chi connectivity index (χ4n) is 1.08. The van der Waals surface area contributed by atoms with Crippen LogP contribution < -0.4 is 4.74 Å². The van der Waals surface area contributed by atoms with E-state index in [2.05, 4.69) is 15.9 Å². The molecule has 5 nitrogen and oxygen atoms in total. The van der Waals surface area contributed by atoms with Gasteiger partial charge in [0, 0.05) is 12.1 Å². The van der Waals surface area contributed by atoms with Crippen LogP contribution in [0.5, 0.6) is 5.75 Å². The molecule has 17 heavy (non-hydrogen) atoms. The third kappa shape index (κ3) is 3.64. The van der Waals surface area contributed by atoms with E-state index in [1.807, 2.05) is 0 Å². The van der Waals surface area contributed by atoms with Crippen LogP contribution in [0.2, 0.25) is 0 Å². The lowest BCUT2D eigenvalue weighted by Crippen LogP contribution is -2.16. The zero-order chi connectivity index (χ0) is 13.0. The average molecular weight is 308 g/mol. The molecule has 0 aliphatic carbocycles. The minimum Gasteiger partial charge on any atom is -0.484 e. The van der Waals surface area contributed by atoms with Crippen molar-refractivity contribution in [3.63, 3.8) is 0 Å². The predicted molar refractivity (Wildman–Crippen MR) is 62.5 cm³/mol. The molecule has 0 aromatic heterocycles. The van der Waals surface area contributed by atoms with Crippen LogP contribution in [0.3, 0.4) is 0 Å². The molecular formula is C10H11BrFNO4. The molecule has 1 rings (SSSR count). The molecule has 0 heterocycles. The van der Waals surface area contributed by atoms with Gasteiger partial charge in [-0.2, -0.15) is 0 Å². The molecule has 0 aliphatic rings. The average Bonchev–Trinajstić information content (AvgIpc) is 2.29. The monoisotopic (exact) mass is 307 g/mol. The molecule has 1 N–H and O–H groups in total. The lowest BCUT2D eigenvalue weighted by atomic mass is 10.2. The number of hydrogen-bond acceptors (Lipinski definition) is 4. The number of ether oxygens (including phenoxy) is 1. The summed E-state index contributed by atoms with van der Waals surface area (Å²) in [5.41, 5.74) is -0.346. The molecule has 0 bridgehead atoms. The molecule has 0 aliphatic heterocycles. The van der Waals surface area contributed by atoms with Crippen molar-refractivity contribution in [1.29, 1.82) is 0 Å². The lowest BCUT2D eigenvalue weighted by molar-refractivity contribution is -0.386. The van der Waals surface area contributed by atoms with Gasteiger partial charge >= 0.3 is 5.69 Å². The minimum atomic E-state index is -0.735. The van der Waals surface area contributed by atoms with E-state index >= 15 is 0 Å². The van der Waals surface area contributed by atoms with Crippen LogP contribution in [-0.4, -0.2) is 22.7 Å². The van der Waals surface area contributed by atoms with E-state index in [0.29, 0.717) is 6.42 Å². The number of halogens is 2. The number of aliphatic hydroxyl groups is 1. The highest BCUT2D eigenvalue weighted by Gasteiger charge is 2.19. The number of hydrogen-bond donors (Lipinski definition) is 1. The number of nitro groups is 1. The topological polar surface area (TPSA) is 72.6 Å². The van der Waals surface area contributed by atoms with Gasteiger partial charge in [0.1, 0.15) is 12.4 Å². The molecule has 1 aromatic carbocycles. The van der Waals surface area contributed by atoms with Crippen LogP contribution in [0.25, 0.3) is 0 Å². The smallest absolute Gasteiger partial charge is 0.312 e. The third-order valence-electron chi connectivity index (χ3n) is 2.10. The van der Waals surface area contributed by atoms with Gasteiger partial charge in [-0.1, -0.05) is 6.92 Å². The van der Waals surface area contributed by atoms with Crippen LogP contribution in [-0.2, 0) is 0 Å². The lowest BCUT2D eigenvalue weighted by Gasteiger charge is -2.10. The van der Waals surface area contributed by atoms with Gasteiger partial charge in [0.25, 0.3) is 0 Å². The van der Waals surface area contributed by atoms with E-state index in [-0.39, 0.29) is 22.5 Å². The Hall–Kier alpha value is -1.21. The summed E-state index contributed by atoms with van der Waals surface area (Å²) in [6.07, 6.45) is -0.284. The number of aliphatic hydroxyl groups excluding tert-OH is 1. The molecule has 1 atom stereocenters. The molecule has 0 spiro atoms. The first-order valence-electron chi connectivity index (χ1n) is 4.90. The van der Waals surface area contributed by atoms with Crippen molar-refractivity contribution in [2.24, 2.45) is 0 Å². The standard InChI is InChI=1S/C10H11BrFNO4/c1-2-6(14)5-17-10-4-8(12)7(11)3-9(10)13(15)16/h3-4,6,14H,2,5H2,1H3. The Morgan fingerprint density at radius 3 is 2.82 bits per heavy atom. The summed E-state index contributed by atoms with van der Waals surface area (Å²) in [6.45, 7) is 1.63. The number of rotatable bonds is 5. The molecular weight excluding hydrogens is 297 g/mol. The zero-order valence-electron chi connectivity index (χ0n) is 9.02. The van der Waals surface area contributed by atoms with Gasteiger partial charge in [-0.15, -0.1) is 0 Å². The van der Waals surface area contributed by atoms with E-state index in [0.717, 1.165) is 12.1 Å². The highest BCUT2D eigenvalue weighted by Crippen LogP contribution is 2.32. The predicted octanol–water partition coefficient (Wildman–Crippen LogP) is 2.65. The number of nitro benzene ring substituents is 1. The Balaban J connectivity index is 2.96.